The van der Waals surface area contributed by atoms with Gasteiger partial charge in [-0.1, -0.05) is 6.07 Å². The molecule has 25 heavy (non-hydrogen) atoms. The Labute approximate surface area is 146 Å². The molecule has 1 heterocycles. The molecule has 0 unspecified atom stereocenters. The second-order valence-corrected chi connectivity index (χ2v) is 5.71. The first-order valence-electron chi connectivity index (χ1n) is 8.13. The molecule has 0 aromatic heterocycles. The number of amides is 2. The van der Waals surface area contributed by atoms with Crippen molar-refractivity contribution in [2.24, 2.45) is 0 Å². The van der Waals surface area contributed by atoms with E-state index >= 15 is 0 Å². The molecule has 1 aliphatic rings. The van der Waals surface area contributed by atoms with Crippen LogP contribution in [0, 0.1) is 0 Å². The van der Waals surface area contributed by atoms with Crippen LogP contribution in [0.5, 0.6) is 11.5 Å². The number of hydrogen-bond donors (Lipinski definition) is 1. The van der Waals surface area contributed by atoms with Gasteiger partial charge in [-0.25, -0.2) is 0 Å². The number of methoxy groups -OCH3 is 1. The molecule has 2 amide bonds. The smallest absolute Gasteiger partial charge is 0.262 e. The van der Waals surface area contributed by atoms with Crippen LogP contribution in [0.3, 0.4) is 0 Å². The minimum atomic E-state index is -0.257. The molecule has 3 rings (SSSR count). The largest absolute Gasteiger partial charge is 0.497 e. The zero-order valence-corrected chi connectivity index (χ0v) is 14.0. The maximum Gasteiger partial charge on any atom is 0.262 e. The molecule has 2 aromatic rings. The summed E-state index contributed by atoms with van der Waals surface area (Å²) >= 11 is 0. The molecule has 1 aliphatic heterocycles. The van der Waals surface area contributed by atoms with Crippen molar-refractivity contribution in [3.63, 3.8) is 0 Å². The lowest BCUT2D eigenvalue weighted by Crippen LogP contribution is -2.23. The molecule has 0 aliphatic carbocycles. The van der Waals surface area contributed by atoms with Crippen LogP contribution >= 0.6 is 0 Å². The van der Waals surface area contributed by atoms with Gasteiger partial charge in [0.15, 0.2) is 6.61 Å². The molecule has 0 spiro atoms. The Morgan fingerprint density at radius 2 is 1.92 bits per heavy atom. The highest BCUT2D eigenvalue weighted by atomic mass is 16.5. The summed E-state index contributed by atoms with van der Waals surface area (Å²) in [7, 11) is 1.57. The molecule has 2 aromatic carbocycles. The number of nitrogens with one attached hydrogen (secondary N) is 1. The van der Waals surface area contributed by atoms with Crippen molar-refractivity contribution in [1.82, 2.24) is 0 Å². The fourth-order valence-electron chi connectivity index (χ4n) is 2.68. The van der Waals surface area contributed by atoms with E-state index in [4.69, 9.17) is 9.47 Å². The van der Waals surface area contributed by atoms with Crippen LogP contribution in [0.25, 0.3) is 0 Å². The summed E-state index contributed by atoms with van der Waals surface area (Å²) in [5.74, 6) is 1.12. The highest BCUT2D eigenvalue weighted by Crippen LogP contribution is 2.23. The number of anilines is 2. The lowest BCUT2D eigenvalue weighted by atomic mass is 10.2. The van der Waals surface area contributed by atoms with E-state index in [-0.39, 0.29) is 18.4 Å². The average molecular weight is 340 g/mol. The number of hydrogen-bond acceptors (Lipinski definition) is 4. The Kier molecular flexibility index (Phi) is 5.18. The van der Waals surface area contributed by atoms with Crippen LogP contribution in [0.15, 0.2) is 48.5 Å². The minimum Gasteiger partial charge on any atom is -0.497 e. The highest BCUT2D eigenvalue weighted by molar-refractivity contribution is 5.96. The van der Waals surface area contributed by atoms with Gasteiger partial charge in [-0.3, -0.25) is 9.59 Å². The van der Waals surface area contributed by atoms with Gasteiger partial charge in [-0.15, -0.1) is 0 Å². The van der Waals surface area contributed by atoms with Crippen LogP contribution in [0.2, 0.25) is 0 Å². The van der Waals surface area contributed by atoms with E-state index in [0.29, 0.717) is 23.6 Å². The van der Waals surface area contributed by atoms with E-state index < -0.39 is 0 Å². The number of carbonyl (C=O) groups excluding carboxylic acids is 2. The van der Waals surface area contributed by atoms with Crippen molar-refractivity contribution in [2.75, 3.05) is 30.5 Å². The SMILES string of the molecule is COc1cccc(OCC(=O)Nc2ccc(N3CCCC3=O)cc2)c1. The van der Waals surface area contributed by atoms with Gasteiger partial charge in [0.25, 0.3) is 5.91 Å². The van der Waals surface area contributed by atoms with Crippen LogP contribution in [0.4, 0.5) is 11.4 Å². The number of ether oxygens (including phenoxy) is 2. The topological polar surface area (TPSA) is 67.9 Å². The van der Waals surface area contributed by atoms with Gasteiger partial charge in [0.2, 0.25) is 5.91 Å². The van der Waals surface area contributed by atoms with Crippen LogP contribution < -0.4 is 19.7 Å². The summed E-state index contributed by atoms with van der Waals surface area (Å²) < 4.78 is 10.6. The van der Waals surface area contributed by atoms with E-state index in [2.05, 4.69) is 5.32 Å². The van der Waals surface area contributed by atoms with E-state index in [1.54, 1.807) is 48.4 Å². The zero-order valence-electron chi connectivity index (χ0n) is 14.0. The average Bonchev–Trinajstić information content (AvgIpc) is 3.07. The normalized spacial score (nSPS) is 13.6. The Hall–Kier alpha value is -3.02. The van der Waals surface area contributed by atoms with Gasteiger partial charge >= 0.3 is 0 Å². The quantitative estimate of drug-likeness (QED) is 0.878. The van der Waals surface area contributed by atoms with Crippen molar-refractivity contribution < 1.29 is 19.1 Å². The molecular formula is C19H20N2O4. The highest BCUT2D eigenvalue weighted by Gasteiger charge is 2.21. The van der Waals surface area contributed by atoms with Gasteiger partial charge < -0.3 is 19.7 Å². The second-order valence-electron chi connectivity index (χ2n) is 5.71. The molecule has 0 atom stereocenters. The van der Waals surface area contributed by atoms with Crippen LogP contribution in [-0.2, 0) is 9.59 Å². The van der Waals surface area contributed by atoms with Gasteiger partial charge in [0.05, 0.1) is 7.11 Å². The van der Waals surface area contributed by atoms with Crippen molar-refractivity contribution in [3.05, 3.63) is 48.5 Å². The van der Waals surface area contributed by atoms with E-state index in [0.717, 1.165) is 18.7 Å². The van der Waals surface area contributed by atoms with Crippen molar-refractivity contribution in [1.29, 1.82) is 0 Å². The fraction of sp³-hybridized carbons (Fsp3) is 0.263. The molecule has 6 nitrogen and oxygen atoms in total. The first kappa shape index (κ1) is 16.8. The third-order valence-corrected chi connectivity index (χ3v) is 3.95. The van der Waals surface area contributed by atoms with Crippen LogP contribution in [0.1, 0.15) is 12.8 Å². The number of nitrogens with zero attached hydrogens (tertiary/aromatic N) is 1. The Morgan fingerprint density at radius 3 is 2.60 bits per heavy atom. The summed E-state index contributed by atoms with van der Waals surface area (Å²) in [4.78, 5) is 25.5. The van der Waals surface area contributed by atoms with Crippen molar-refractivity contribution >= 4 is 23.2 Å². The maximum absolute atomic E-state index is 12.0. The minimum absolute atomic E-state index is 0.0977. The predicted molar refractivity (Wildman–Crippen MR) is 95.1 cm³/mol. The summed E-state index contributed by atoms with van der Waals surface area (Å²) in [5, 5.41) is 2.77. The summed E-state index contributed by atoms with van der Waals surface area (Å²) in [6, 6.07) is 14.3. The number of rotatable bonds is 6. The third kappa shape index (κ3) is 4.29. The van der Waals surface area contributed by atoms with Crippen LogP contribution in [-0.4, -0.2) is 32.1 Å². The Bertz CT molecular complexity index is 758. The second kappa shape index (κ2) is 7.70. The maximum atomic E-state index is 12.0. The molecule has 1 saturated heterocycles. The third-order valence-electron chi connectivity index (χ3n) is 3.95. The van der Waals surface area contributed by atoms with E-state index in [9.17, 15) is 9.59 Å². The number of carbonyl (C=O) groups is 2. The molecule has 1 N–H and O–H groups in total. The fourth-order valence-corrected chi connectivity index (χ4v) is 2.68. The van der Waals surface area contributed by atoms with Gasteiger partial charge in [0.1, 0.15) is 11.5 Å². The van der Waals surface area contributed by atoms with Crippen molar-refractivity contribution in [2.45, 2.75) is 12.8 Å². The summed E-state index contributed by atoms with van der Waals surface area (Å²) in [5.41, 5.74) is 1.52. The Balaban J connectivity index is 1.53. The van der Waals surface area contributed by atoms with E-state index in [1.807, 2.05) is 12.1 Å². The van der Waals surface area contributed by atoms with Gasteiger partial charge in [-0.05, 0) is 42.8 Å². The predicted octanol–water partition coefficient (Wildman–Crippen LogP) is 2.84. The molecule has 0 bridgehead atoms. The lowest BCUT2D eigenvalue weighted by molar-refractivity contribution is -0.118. The molecular weight excluding hydrogens is 320 g/mol. The molecule has 0 saturated carbocycles. The molecule has 130 valence electrons. The lowest BCUT2D eigenvalue weighted by Gasteiger charge is -2.16. The molecule has 6 heteroatoms. The number of benzene rings is 2. The standard InChI is InChI=1S/C19H20N2O4/c1-24-16-4-2-5-17(12-16)25-13-18(22)20-14-7-9-15(10-8-14)21-11-3-6-19(21)23/h2,4-5,7-10,12H,3,6,11,13H2,1H3,(H,20,22). The Morgan fingerprint density at radius 1 is 1.16 bits per heavy atom. The summed E-state index contributed by atoms with van der Waals surface area (Å²) in [6.45, 7) is 0.651. The zero-order chi connectivity index (χ0) is 17.6. The molecule has 1 fully saturated rings. The summed E-state index contributed by atoms with van der Waals surface area (Å²) in [6.07, 6.45) is 1.49. The first-order chi connectivity index (χ1) is 12.2. The van der Waals surface area contributed by atoms with E-state index in [1.165, 1.54) is 0 Å². The van der Waals surface area contributed by atoms with Crippen molar-refractivity contribution in [3.8, 4) is 11.5 Å². The molecule has 0 radical (unpaired) electrons. The van der Waals surface area contributed by atoms with Gasteiger partial charge in [-0.2, -0.15) is 0 Å². The van der Waals surface area contributed by atoms with Gasteiger partial charge in [0, 0.05) is 30.4 Å². The first-order valence-corrected chi connectivity index (χ1v) is 8.13. The monoisotopic (exact) mass is 340 g/mol.